The molecule has 2 heterocycles. The third-order valence-corrected chi connectivity index (χ3v) is 4.51. The topological polar surface area (TPSA) is 90.6 Å². The summed E-state index contributed by atoms with van der Waals surface area (Å²) in [5.41, 5.74) is 1.91. The number of hydrogen-bond donors (Lipinski definition) is 1. The lowest BCUT2D eigenvalue weighted by Crippen LogP contribution is -2.20. The van der Waals surface area contributed by atoms with Crippen molar-refractivity contribution in [2.75, 3.05) is 5.32 Å². The average molecular weight is 426 g/mol. The van der Waals surface area contributed by atoms with Gasteiger partial charge in [-0.1, -0.05) is 29.8 Å². The summed E-state index contributed by atoms with van der Waals surface area (Å²) in [5.74, 6) is 0.452. The van der Waals surface area contributed by atoms with Crippen molar-refractivity contribution in [2.45, 2.75) is 19.6 Å². The summed E-state index contributed by atoms with van der Waals surface area (Å²) in [6.07, 6.45) is 4.61. The Morgan fingerprint density at radius 2 is 1.93 bits per heavy atom. The van der Waals surface area contributed by atoms with E-state index >= 15 is 0 Å². The zero-order valence-corrected chi connectivity index (χ0v) is 16.7. The van der Waals surface area contributed by atoms with Gasteiger partial charge < -0.3 is 10.1 Å². The molecule has 0 saturated heterocycles. The molecule has 0 amide bonds. The highest BCUT2D eigenvalue weighted by atomic mass is 35.5. The SMILES string of the molecule is CC(Cn1cnnn1)Oc1cc(-c2cnc(Nc3ccccc3F)nc2)ccc1Cl. The van der Waals surface area contributed by atoms with Gasteiger partial charge in [0, 0.05) is 18.0 Å². The maximum atomic E-state index is 13.8. The van der Waals surface area contributed by atoms with Crippen molar-refractivity contribution in [2.24, 2.45) is 0 Å². The third-order valence-electron chi connectivity index (χ3n) is 4.20. The van der Waals surface area contributed by atoms with Crippen LogP contribution in [0.5, 0.6) is 5.75 Å². The summed E-state index contributed by atoms with van der Waals surface area (Å²) < 4.78 is 21.3. The molecule has 30 heavy (non-hydrogen) atoms. The fraction of sp³-hybridized carbons (Fsp3) is 0.150. The number of aromatic nitrogens is 6. The molecule has 0 aliphatic rings. The molecule has 0 saturated carbocycles. The quantitative estimate of drug-likeness (QED) is 0.476. The standard InChI is InChI=1S/C20H17ClFN7O/c1-13(11-29-12-25-27-28-29)30-19-8-14(6-7-16(19)21)15-9-23-20(24-10-15)26-18-5-3-2-4-17(18)22/h2-10,12-13H,11H2,1H3,(H,23,24,26). The highest BCUT2D eigenvalue weighted by Gasteiger charge is 2.12. The van der Waals surface area contributed by atoms with Crippen molar-refractivity contribution in [1.29, 1.82) is 0 Å². The maximum Gasteiger partial charge on any atom is 0.227 e. The van der Waals surface area contributed by atoms with E-state index in [4.69, 9.17) is 16.3 Å². The lowest BCUT2D eigenvalue weighted by Gasteiger charge is -2.16. The molecule has 0 radical (unpaired) electrons. The van der Waals surface area contributed by atoms with E-state index in [2.05, 4.69) is 30.8 Å². The van der Waals surface area contributed by atoms with Crippen molar-refractivity contribution in [3.63, 3.8) is 0 Å². The summed E-state index contributed by atoms with van der Waals surface area (Å²) in [4.78, 5) is 8.53. The van der Waals surface area contributed by atoms with Crippen LogP contribution >= 0.6 is 11.6 Å². The van der Waals surface area contributed by atoms with Crippen molar-refractivity contribution in [3.05, 3.63) is 72.0 Å². The van der Waals surface area contributed by atoms with Gasteiger partial charge in [-0.2, -0.15) is 0 Å². The van der Waals surface area contributed by atoms with Gasteiger partial charge in [-0.15, -0.1) is 5.10 Å². The molecule has 0 aliphatic heterocycles. The number of anilines is 2. The minimum absolute atomic E-state index is 0.204. The van der Waals surface area contributed by atoms with Crippen molar-refractivity contribution in [1.82, 2.24) is 30.2 Å². The summed E-state index contributed by atoms with van der Waals surface area (Å²) in [6, 6.07) is 11.8. The number of hydrogen-bond acceptors (Lipinski definition) is 7. The number of para-hydroxylation sites is 1. The molecule has 0 bridgehead atoms. The Kier molecular flexibility index (Phi) is 5.80. The molecule has 0 aliphatic carbocycles. The zero-order valence-electron chi connectivity index (χ0n) is 15.9. The van der Waals surface area contributed by atoms with Crippen molar-refractivity contribution in [3.8, 4) is 16.9 Å². The van der Waals surface area contributed by atoms with E-state index in [1.807, 2.05) is 19.1 Å². The fourth-order valence-corrected chi connectivity index (χ4v) is 2.94. The minimum Gasteiger partial charge on any atom is -0.487 e. The van der Waals surface area contributed by atoms with Crippen LogP contribution in [0, 0.1) is 5.82 Å². The number of nitrogens with zero attached hydrogens (tertiary/aromatic N) is 6. The van der Waals surface area contributed by atoms with Crippen LogP contribution in [0.25, 0.3) is 11.1 Å². The summed E-state index contributed by atoms with van der Waals surface area (Å²) >= 11 is 6.29. The van der Waals surface area contributed by atoms with E-state index in [1.165, 1.54) is 12.4 Å². The molecule has 2 aromatic heterocycles. The molecule has 10 heteroatoms. The second-order valence-corrected chi connectivity index (χ2v) is 6.91. The molecule has 4 aromatic rings. The Balaban J connectivity index is 1.48. The first-order chi connectivity index (χ1) is 14.6. The highest BCUT2D eigenvalue weighted by Crippen LogP contribution is 2.31. The van der Waals surface area contributed by atoms with Gasteiger partial charge in [0.25, 0.3) is 0 Å². The van der Waals surface area contributed by atoms with Crippen LogP contribution < -0.4 is 10.1 Å². The van der Waals surface area contributed by atoms with Crippen LogP contribution in [0.4, 0.5) is 16.0 Å². The summed E-state index contributed by atoms with van der Waals surface area (Å²) in [6.45, 7) is 2.38. The molecule has 1 unspecified atom stereocenters. The van der Waals surface area contributed by atoms with Crippen LogP contribution in [0.2, 0.25) is 5.02 Å². The van der Waals surface area contributed by atoms with Crippen LogP contribution in [0.3, 0.4) is 0 Å². The molecular formula is C20H17ClFN7O. The van der Waals surface area contributed by atoms with Crippen LogP contribution in [-0.4, -0.2) is 36.3 Å². The third kappa shape index (κ3) is 4.69. The van der Waals surface area contributed by atoms with Gasteiger partial charge >= 0.3 is 0 Å². The second kappa shape index (κ2) is 8.83. The highest BCUT2D eigenvalue weighted by molar-refractivity contribution is 6.32. The molecule has 2 aromatic carbocycles. The van der Waals surface area contributed by atoms with Gasteiger partial charge in [0.1, 0.15) is 24.0 Å². The minimum atomic E-state index is -0.375. The van der Waals surface area contributed by atoms with E-state index in [0.29, 0.717) is 29.0 Å². The van der Waals surface area contributed by atoms with E-state index in [-0.39, 0.29) is 11.9 Å². The number of rotatable bonds is 7. The maximum absolute atomic E-state index is 13.8. The molecule has 0 fully saturated rings. The number of nitrogens with one attached hydrogen (secondary N) is 1. The largest absolute Gasteiger partial charge is 0.487 e. The number of tetrazole rings is 1. The first-order valence-corrected chi connectivity index (χ1v) is 9.47. The normalized spacial score (nSPS) is 11.8. The zero-order chi connectivity index (χ0) is 20.9. The number of halogens is 2. The summed E-state index contributed by atoms with van der Waals surface area (Å²) in [7, 11) is 0. The van der Waals surface area contributed by atoms with Gasteiger partial charge in [-0.05, 0) is 47.2 Å². The number of ether oxygens (including phenoxy) is 1. The molecule has 0 spiro atoms. The molecule has 1 N–H and O–H groups in total. The monoisotopic (exact) mass is 425 g/mol. The van der Waals surface area contributed by atoms with E-state index in [0.717, 1.165) is 11.1 Å². The average Bonchev–Trinajstić information content (AvgIpc) is 3.25. The van der Waals surface area contributed by atoms with E-state index in [9.17, 15) is 4.39 Å². The van der Waals surface area contributed by atoms with E-state index in [1.54, 1.807) is 41.3 Å². The number of benzene rings is 2. The fourth-order valence-electron chi connectivity index (χ4n) is 2.78. The van der Waals surface area contributed by atoms with Gasteiger partial charge in [-0.25, -0.2) is 19.0 Å². The van der Waals surface area contributed by atoms with Crippen molar-refractivity contribution >= 4 is 23.2 Å². The van der Waals surface area contributed by atoms with Gasteiger partial charge in [-0.3, -0.25) is 0 Å². The Morgan fingerprint density at radius 3 is 2.67 bits per heavy atom. The predicted molar refractivity (Wildman–Crippen MR) is 110 cm³/mol. The lowest BCUT2D eigenvalue weighted by atomic mass is 10.1. The first kappa shape index (κ1) is 19.7. The van der Waals surface area contributed by atoms with Crippen LogP contribution in [0.1, 0.15) is 6.92 Å². The van der Waals surface area contributed by atoms with Crippen LogP contribution in [0.15, 0.2) is 61.2 Å². The lowest BCUT2D eigenvalue weighted by molar-refractivity contribution is 0.193. The molecule has 8 nitrogen and oxygen atoms in total. The molecule has 152 valence electrons. The van der Waals surface area contributed by atoms with Gasteiger partial charge in [0.15, 0.2) is 0 Å². The van der Waals surface area contributed by atoms with Crippen molar-refractivity contribution < 1.29 is 9.13 Å². The first-order valence-electron chi connectivity index (χ1n) is 9.09. The molecular weight excluding hydrogens is 409 g/mol. The molecule has 4 rings (SSSR count). The second-order valence-electron chi connectivity index (χ2n) is 6.51. The molecule has 1 atom stereocenters. The van der Waals surface area contributed by atoms with E-state index < -0.39 is 0 Å². The van der Waals surface area contributed by atoms with Crippen LogP contribution in [-0.2, 0) is 6.54 Å². The van der Waals surface area contributed by atoms with Gasteiger partial charge in [0.2, 0.25) is 5.95 Å². The smallest absolute Gasteiger partial charge is 0.227 e. The Bertz CT molecular complexity index is 1120. The predicted octanol–water partition coefficient (Wildman–Crippen LogP) is 4.13. The Morgan fingerprint density at radius 1 is 1.13 bits per heavy atom. The summed E-state index contributed by atoms with van der Waals surface area (Å²) in [5, 5.41) is 14.4. The Labute approximate surface area is 176 Å². The Hall–Kier alpha value is -3.59. The van der Waals surface area contributed by atoms with Gasteiger partial charge in [0.05, 0.1) is 17.3 Å².